The molecule has 4 nitrogen and oxygen atoms in total. The van der Waals surface area contributed by atoms with E-state index in [1.54, 1.807) is 0 Å². The lowest BCUT2D eigenvalue weighted by Crippen LogP contribution is -2.45. The first-order valence-corrected chi connectivity index (χ1v) is 7.75. The first-order chi connectivity index (χ1) is 9.70. The van der Waals surface area contributed by atoms with Crippen molar-refractivity contribution >= 4 is 11.9 Å². The van der Waals surface area contributed by atoms with Gasteiger partial charge in [-0.2, -0.15) is 0 Å². The SMILES string of the molecule is COC(=O)CC1CCCCN1C(=O)CC1=CCCCC1. The number of likely N-dealkylation sites (tertiary alicyclic amines) is 1. The number of piperidine rings is 1. The molecule has 1 atom stereocenters. The number of rotatable bonds is 4. The van der Waals surface area contributed by atoms with Gasteiger partial charge in [-0.1, -0.05) is 11.6 Å². The van der Waals surface area contributed by atoms with E-state index in [1.807, 2.05) is 4.90 Å². The summed E-state index contributed by atoms with van der Waals surface area (Å²) in [6.07, 6.45) is 10.8. The second kappa shape index (κ2) is 7.46. The third-order valence-electron chi connectivity index (χ3n) is 4.34. The first kappa shape index (κ1) is 15.1. The highest BCUT2D eigenvalue weighted by atomic mass is 16.5. The summed E-state index contributed by atoms with van der Waals surface area (Å²) < 4.78 is 4.74. The number of amides is 1. The summed E-state index contributed by atoms with van der Waals surface area (Å²) in [7, 11) is 1.41. The van der Waals surface area contributed by atoms with Crippen LogP contribution in [0.4, 0.5) is 0 Å². The van der Waals surface area contributed by atoms with Crippen molar-refractivity contribution in [1.29, 1.82) is 0 Å². The minimum absolute atomic E-state index is 0.0351. The van der Waals surface area contributed by atoms with E-state index in [0.29, 0.717) is 12.8 Å². The van der Waals surface area contributed by atoms with E-state index in [2.05, 4.69) is 6.08 Å². The fourth-order valence-corrected chi connectivity index (χ4v) is 3.18. The molecule has 4 heteroatoms. The number of carbonyl (C=O) groups is 2. The minimum Gasteiger partial charge on any atom is -0.469 e. The Morgan fingerprint density at radius 3 is 2.85 bits per heavy atom. The number of nitrogens with zero attached hydrogens (tertiary/aromatic N) is 1. The summed E-state index contributed by atoms with van der Waals surface area (Å²) in [6.45, 7) is 0.785. The van der Waals surface area contributed by atoms with Crippen LogP contribution in [0.15, 0.2) is 11.6 Å². The number of carbonyl (C=O) groups excluding carboxylic acids is 2. The molecule has 0 N–H and O–H groups in total. The Bertz CT molecular complexity index is 389. The van der Waals surface area contributed by atoms with Crippen molar-refractivity contribution in [2.45, 2.75) is 63.8 Å². The average molecular weight is 279 g/mol. The molecular formula is C16H25NO3. The molecule has 2 rings (SSSR count). The van der Waals surface area contributed by atoms with Gasteiger partial charge in [-0.25, -0.2) is 0 Å². The van der Waals surface area contributed by atoms with E-state index in [1.165, 1.54) is 25.5 Å². The van der Waals surface area contributed by atoms with Gasteiger partial charge in [0.2, 0.25) is 5.91 Å². The van der Waals surface area contributed by atoms with Crippen LogP contribution in [-0.4, -0.2) is 36.5 Å². The molecule has 1 aliphatic carbocycles. The van der Waals surface area contributed by atoms with Crippen molar-refractivity contribution in [2.24, 2.45) is 0 Å². The van der Waals surface area contributed by atoms with Gasteiger partial charge in [-0.05, 0) is 44.9 Å². The summed E-state index contributed by atoms with van der Waals surface area (Å²) in [4.78, 5) is 25.9. The van der Waals surface area contributed by atoms with Crippen molar-refractivity contribution in [2.75, 3.05) is 13.7 Å². The summed E-state index contributed by atoms with van der Waals surface area (Å²) >= 11 is 0. The van der Waals surface area contributed by atoms with Gasteiger partial charge in [0.1, 0.15) is 0 Å². The van der Waals surface area contributed by atoms with Gasteiger partial charge in [0.15, 0.2) is 0 Å². The molecule has 0 saturated carbocycles. The number of allylic oxidation sites excluding steroid dienone is 1. The molecule has 1 amide bonds. The summed E-state index contributed by atoms with van der Waals surface area (Å²) in [6, 6.07) is 0.0351. The summed E-state index contributed by atoms with van der Waals surface area (Å²) in [5, 5.41) is 0. The first-order valence-electron chi connectivity index (χ1n) is 7.75. The molecule has 0 aromatic carbocycles. The topological polar surface area (TPSA) is 46.6 Å². The highest BCUT2D eigenvalue weighted by molar-refractivity contribution is 5.80. The van der Waals surface area contributed by atoms with Gasteiger partial charge in [0.05, 0.1) is 13.5 Å². The third kappa shape index (κ3) is 4.09. The van der Waals surface area contributed by atoms with Crippen molar-refractivity contribution in [3.05, 3.63) is 11.6 Å². The smallest absolute Gasteiger partial charge is 0.307 e. The number of hydrogen-bond acceptors (Lipinski definition) is 3. The number of hydrogen-bond donors (Lipinski definition) is 0. The van der Waals surface area contributed by atoms with E-state index in [-0.39, 0.29) is 17.9 Å². The fourth-order valence-electron chi connectivity index (χ4n) is 3.18. The number of methoxy groups -OCH3 is 1. The Morgan fingerprint density at radius 1 is 1.30 bits per heavy atom. The maximum atomic E-state index is 12.5. The zero-order valence-electron chi connectivity index (χ0n) is 12.4. The molecule has 2 aliphatic rings. The Kier molecular flexibility index (Phi) is 5.62. The molecular weight excluding hydrogens is 254 g/mol. The molecule has 0 radical (unpaired) electrons. The van der Waals surface area contributed by atoms with Crippen LogP contribution >= 0.6 is 0 Å². The van der Waals surface area contributed by atoms with Crippen molar-refractivity contribution in [1.82, 2.24) is 4.90 Å². The second-order valence-electron chi connectivity index (χ2n) is 5.80. The van der Waals surface area contributed by atoms with Gasteiger partial charge in [-0.15, -0.1) is 0 Å². The fraction of sp³-hybridized carbons (Fsp3) is 0.750. The highest BCUT2D eigenvalue weighted by Gasteiger charge is 2.29. The van der Waals surface area contributed by atoms with Crippen LogP contribution in [0.1, 0.15) is 57.8 Å². The molecule has 1 unspecified atom stereocenters. The molecule has 0 aromatic heterocycles. The van der Waals surface area contributed by atoms with Crippen LogP contribution in [-0.2, 0) is 14.3 Å². The Balaban J connectivity index is 1.94. The number of ether oxygens (including phenoxy) is 1. The molecule has 0 spiro atoms. The zero-order chi connectivity index (χ0) is 14.4. The maximum absolute atomic E-state index is 12.5. The molecule has 1 aliphatic heterocycles. The van der Waals surface area contributed by atoms with E-state index in [9.17, 15) is 9.59 Å². The predicted molar refractivity (Wildman–Crippen MR) is 77.2 cm³/mol. The Labute approximate surface area is 121 Å². The van der Waals surface area contributed by atoms with Crippen molar-refractivity contribution < 1.29 is 14.3 Å². The second-order valence-corrected chi connectivity index (χ2v) is 5.80. The van der Waals surface area contributed by atoms with E-state index in [0.717, 1.165) is 38.6 Å². The minimum atomic E-state index is -0.216. The normalized spacial score (nSPS) is 23.1. The molecule has 112 valence electrons. The van der Waals surface area contributed by atoms with Gasteiger partial charge < -0.3 is 9.64 Å². The van der Waals surface area contributed by atoms with E-state index >= 15 is 0 Å². The van der Waals surface area contributed by atoms with Gasteiger partial charge in [0, 0.05) is 19.0 Å². The van der Waals surface area contributed by atoms with Crippen molar-refractivity contribution in [3.63, 3.8) is 0 Å². The molecule has 1 heterocycles. The highest BCUT2D eigenvalue weighted by Crippen LogP contribution is 2.25. The lowest BCUT2D eigenvalue weighted by Gasteiger charge is -2.35. The standard InChI is InChI=1S/C16H25NO3/c1-20-16(19)12-14-9-5-6-10-17(14)15(18)11-13-7-3-2-4-8-13/h7,14H,2-6,8-12H2,1H3. The quantitative estimate of drug-likeness (QED) is 0.587. The molecule has 0 bridgehead atoms. The van der Waals surface area contributed by atoms with Crippen LogP contribution < -0.4 is 0 Å². The van der Waals surface area contributed by atoms with Gasteiger partial charge in [0.25, 0.3) is 0 Å². The molecule has 0 aromatic rings. The summed E-state index contributed by atoms with van der Waals surface area (Å²) in [5.41, 5.74) is 1.28. The van der Waals surface area contributed by atoms with Crippen LogP contribution in [0.2, 0.25) is 0 Å². The predicted octanol–water partition coefficient (Wildman–Crippen LogP) is 2.82. The Morgan fingerprint density at radius 2 is 2.15 bits per heavy atom. The van der Waals surface area contributed by atoms with Crippen LogP contribution in [0.5, 0.6) is 0 Å². The third-order valence-corrected chi connectivity index (χ3v) is 4.34. The maximum Gasteiger partial charge on any atom is 0.307 e. The molecule has 1 saturated heterocycles. The van der Waals surface area contributed by atoms with Crippen LogP contribution in [0.25, 0.3) is 0 Å². The van der Waals surface area contributed by atoms with E-state index < -0.39 is 0 Å². The average Bonchev–Trinajstić information content (AvgIpc) is 2.48. The monoisotopic (exact) mass is 279 g/mol. The zero-order valence-corrected chi connectivity index (χ0v) is 12.4. The van der Waals surface area contributed by atoms with Crippen LogP contribution in [0, 0.1) is 0 Å². The van der Waals surface area contributed by atoms with Gasteiger partial charge >= 0.3 is 5.97 Å². The van der Waals surface area contributed by atoms with Gasteiger partial charge in [-0.3, -0.25) is 9.59 Å². The van der Waals surface area contributed by atoms with Crippen molar-refractivity contribution in [3.8, 4) is 0 Å². The largest absolute Gasteiger partial charge is 0.469 e. The summed E-state index contributed by atoms with van der Waals surface area (Å²) in [5.74, 6) is -0.0293. The molecule has 1 fully saturated rings. The Hall–Kier alpha value is -1.32. The number of esters is 1. The lowest BCUT2D eigenvalue weighted by atomic mass is 9.94. The van der Waals surface area contributed by atoms with Crippen LogP contribution in [0.3, 0.4) is 0 Å². The molecule has 20 heavy (non-hydrogen) atoms. The lowest BCUT2D eigenvalue weighted by molar-refractivity contribution is -0.144. The van der Waals surface area contributed by atoms with E-state index in [4.69, 9.17) is 4.74 Å².